The van der Waals surface area contributed by atoms with E-state index in [0.717, 1.165) is 36.0 Å². The maximum Gasteiger partial charge on any atom is 0.146 e. The van der Waals surface area contributed by atoms with Crippen molar-refractivity contribution in [3.63, 3.8) is 0 Å². The van der Waals surface area contributed by atoms with Crippen LogP contribution < -0.4 is 0 Å². The minimum Gasteiger partial charge on any atom is -0.359 e. The fourth-order valence-corrected chi connectivity index (χ4v) is 8.92. The lowest BCUT2D eigenvalue weighted by atomic mass is 9.46. The standard InChI is InChI=1S/C29H50O2/c1-6-29-18-15-24(31-20-30-5)19-23(29)11-13-25-26-14-12-22(10-8-7-9-21(2)3)28(26,4)17-16-27(25)29/h11,21-22,24-27H,6-10,12-20H2,1-5H3. The lowest BCUT2D eigenvalue weighted by molar-refractivity contribution is -0.101. The fourth-order valence-electron chi connectivity index (χ4n) is 8.92. The summed E-state index contributed by atoms with van der Waals surface area (Å²) in [7, 11) is 1.74. The van der Waals surface area contributed by atoms with Gasteiger partial charge in [-0.25, -0.2) is 0 Å². The number of ether oxygens (including phenoxy) is 2. The molecule has 4 aliphatic carbocycles. The van der Waals surface area contributed by atoms with Gasteiger partial charge in [0, 0.05) is 7.11 Å². The van der Waals surface area contributed by atoms with Crippen LogP contribution in [0.5, 0.6) is 0 Å². The molecule has 0 aromatic rings. The van der Waals surface area contributed by atoms with Crippen molar-refractivity contribution in [2.45, 2.75) is 117 Å². The van der Waals surface area contributed by atoms with Crippen LogP contribution in [0.15, 0.2) is 11.6 Å². The van der Waals surface area contributed by atoms with Crippen LogP contribution in [-0.2, 0) is 9.47 Å². The van der Waals surface area contributed by atoms with E-state index >= 15 is 0 Å². The molecule has 0 aliphatic heterocycles. The van der Waals surface area contributed by atoms with Crippen LogP contribution in [0.25, 0.3) is 0 Å². The summed E-state index contributed by atoms with van der Waals surface area (Å²) in [6.07, 6.45) is 21.3. The van der Waals surface area contributed by atoms with E-state index in [-0.39, 0.29) is 0 Å². The number of methoxy groups -OCH3 is 1. The second-order valence-electron chi connectivity index (χ2n) is 12.3. The van der Waals surface area contributed by atoms with Gasteiger partial charge in [0.2, 0.25) is 0 Å². The Bertz CT molecular complexity index is 624. The molecule has 3 saturated carbocycles. The number of rotatable bonds is 9. The molecule has 0 amide bonds. The van der Waals surface area contributed by atoms with Crippen molar-refractivity contribution in [3.8, 4) is 0 Å². The molecule has 178 valence electrons. The minimum absolute atomic E-state index is 0.373. The highest BCUT2D eigenvalue weighted by molar-refractivity contribution is 5.26. The molecule has 4 aliphatic rings. The van der Waals surface area contributed by atoms with Crippen LogP contribution in [0.4, 0.5) is 0 Å². The minimum atomic E-state index is 0.373. The molecule has 0 saturated heterocycles. The summed E-state index contributed by atoms with van der Waals surface area (Å²) in [4.78, 5) is 0. The molecule has 0 aromatic carbocycles. The van der Waals surface area contributed by atoms with Crippen molar-refractivity contribution < 1.29 is 9.47 Å². The van der Waals surface area contributed by atoms with Crippen molar-refractivity contribution >= 4 is 0 Å². The molecular formula is C29H50O2. The Labute approximate surface area is 192 Å². The molecule has 3 fully saturated rings. The van der Waals surface area contributed by atoms with E-state index in [1.807, 2.05) is 0 Å². The molecule has 0 aromatic heterocycles. The van der Waals surface area contributed by atoms with Gasteiger partial charge in [-0.3, -0.25) is 0 Å². The first kappa shape index (κ1) is 23.8. The number of allylic oxidation sites excluding steroid dienone is 1. The van der Waals surface area contributed by atoms with Gasteiger partial charge in [-0.05, 0) is 105 Å². The molecule has 7 atom stereocenters. The molecule has 0 radical (unpaired) electrons. The Balaban J connectivity index is 1.45. The number of unbranched alkanes of at least 4 members (excludes halogenated alkanes) is 1. The Morgan fingerprint density at radius 2 is 1.90 bits per heavy atom. The quantitative estimate of drug-likeness (QED) is 0.209. The number of hydrogen-bond acceptors (Lipinski definition) is 2. The molecule has 4 rings (SSSR count). The molecule has 0 heterocycles. The topological polar surface area (TPSA) is 18.5 Å². The van der Waals surface area contributed by atoms with E-state index in [4.69, 9.17) is 9.47 Å². The predicted molar refractivity (Wildman–Crippen MR) is 130 cm³/mol. The van der Waals surface area contributed by atoms with Gasteiger partial charge in [-0.1, -0.05) is 58.6 Å². The Hall–Kier alpha value is -0.340. The first-order chi connectivity index (χ1) is 14.9. The van der Waals surface area contributed by atoms with E-state index in [9.17, 15) is 0 Å². The number of fused-ring (bicyclic) bond motifs is 5. The van der Waals surface area contributed by atoms with Crippen LogP contribution in [0, 0.1) is 40.4 Å². The summed E-state index contributed by atoms with van der Waals surface area (Å²) < 4.78 is 11.2. The van der Waals surface area contributed by atoms with E-state index in [1.54, 1.807) is 12.7 Å². The smallest absolute Gasteiger partial charge is 0.146 e. The van der Waals surface area contributed by atoms with E-state index < -0.39 is 0 Å². The molecule has 7 unspecified atom stereocenters. The third-order valence-electron chi connectivity index (χ3n) is 10.6. The average Bonchev–Trinajstić information content (AvgIpc) is 3.11. The first-order valence-electron chi connectivity index (χ1n) is 13.7. The van der Waals surface area contributed by atoms with Gasteiger partial charge < -0.3 is 9.47 Å². The fraction of sp³-hybridized carbons (Fsp3) is 0.931. The Morgan fingerprint density at radius 1 is 1.06 bits per heavy atom. The lowest BCUT2D eigenvalue weighted by Gasteiger charge is -2.59. The summed E-state index contributed by atoms with van der Waals surface area (Å²) in [6.45, 7) is 10.4. The van der Waals surface area contributed by atoms with Crippen molar-refractivity contribution in [2.75, 3.05) is 13.9 Å². The second-order valence-corrected chi connectivity index (χ2v) is 12.3. The van der Waals surface area contributed by atoms with Gasteiger partial charge in [0.05, 0.1) is 6.10 Å². The Kier molecular flexibility index (Phi) is 7.59. The molecule has 2 heteroatoms. The summed E-state index contributed by atoms with van der Waals surface area (Å²) >= 11 is 0. The highest BCUT2D eigenvalue weighted by atomic mass is 16.7. The second kappa shape index (κ2) is 9.88. The van der Waals surface area contributed by atoms with Crippen LogP contribution >= 0.6 is 0 Å². The van der Waals surface area contributed by atoms with Crippen LogP contribution in [-0.4, -0.2) is 20.0 Å². The third kappa shape index (κ3) is 4.42. The SMILES string of the molecule is CCC12CCC(OCOC)CC1=CCC1C2CCC2(C)C(CCCCC(C)C)CCC12. The maximum absolute atomic E-state index is 6.00. The van der Waals surface area contributed by atoms with Crippen LogP contribution in [0.2, 0.25) is 0 Å². The van der Waals surface area contributed by atoms with Crippen LogP contribution in [0.1, 0.15) is 111 Å². The number of hydrogen-bond donors (Lipinski definition) is 0. The molecule has 31 heavy (non-hydrogen) atoms. The van der Waals surface area contributed by atoms with E-state index in [2.05, 4.69) is 33.8 Å². The van der Waals surface area contributed by atoms with Crippen molar-refractivity contribution in [1.29, 1.82) is 0 Å². The van der Waals surface area contributed by atoms with Crippen molar-refractivity contribution in [1.82, 2.24) is 0 Å². The molecule has 0 N–H and O–H groups in total. The highest BCUT2D eigenvalue weighted by Gasteiger charge is 2.59. The zero-order valence-corrected chi connectivity index (χ0v) is 21.3. The normalized spacial score (nSPS) is 42.1. The molecule has 2 nitrogen and oxygen atoms in total. The summed E-state index contributed by atoms with van der Waals surface area (Å²) in [5.41, 5.74) is 2.86. The maximum atomic E-state index is 6.00. The van der Waals surface area contributed by atoms with Gasteiger partial charge >= 0.3 is 0 Å². The summed E-state index contributed by atoms with van der Waals surface area (Å²) in [6, 6.07) is 0. The zero-order valence-electron chi connectivity index (χ0n) is 21.3. The van der Waals surface area contributed by atoms with Gasteiger partial charge in [0.1, 0.15) is 6.79 Å². The first-order valence-corrected chi connectivity index (χ1v) is 13.7. The van der Waals surface area contributed by atoms with Gasteiger partial charge in [0.15, 0.2) is 0 Å². The van der Waals surface area contributed by atoms with Gasteiger partial charge in [-0.15, -0.1) is 0 Å². The average molecular weight is 431 g/mol. The zero-order chi connectivity index (χ0) is 22.1. The monoisotopic (exact) mass is 430 g/mol. The molecule has 0 bridgehead atoms. The highest BCUT2D eigenvalue weighted by Crippen LogP contribution is 2.67. The van der Waals surface area contributed by atoms with Crippen molar-refractivity contribution in [2.24, 2.45) is 40.4 Å². The van der Waals surface area contributed by atoms with E-state index in [0.29, 0.717) is 23.7 Å². The molecule has 0 spiro atoms. The lowest BCUT2D eigenvalue weighted by Crippen LogP contribution is -2.51. The largest absolute Gasteiger partial charge is 0.359 e. The van der Waals surface area contributed by atoms with Gasteiger partial charge in [0.25, 0.3) is 0 Å². The predicted octanol–water partition coefficient (Wildman–Crippen LogP) is 8.16. The molecular weight excluding hydrogens is 380 g/mol. The summed E-state index contributed by atoms with van der Waals surface area (Å²) in [5, 5.41) is 0. The summed E-state index contributed by atoms with van der Waals surface area (Å²) in [5.74, 6) is 4.71. The third-order valence-corrected chi connectivity index (χ3v) is 10.6. The van der Waals surface area contributed by atoms with E-state index in [1.165, 1.54) is 77.0 Å². The van der Waals surface area contributed by atoms with Crippen molar-refractivity contribution in [3.05, 3.63) is 11.6 Å². The van der Waals surface area contributed by atoms with Gasteiger partial charge in [-0.2, -0.15) is 0 Å². The Morgan fingerprint density at radius 3 is 2.65 bits per heavy atom. The van der Waals surface area contributed by atoms with Crippen LogP contribution in [0.3, 0.4) is 0 Å².